The van der Waals surface area contributed by atoms with Gasteiger partial charge in [0.25, 0.3) is 5.91 Å². The van der Waals surface area contributed by atoms with Crippen molar-refractivity contribution in [3.63, 3.8) is 0 Å². The lowest BCUT2D eigenvalue weighted by molar-refractivity contribution is -0.115. The molecule has 1 unspecified atom stereocenters. The summed E-state index contributed by atoms with van der Waals surface area (Å²) in [6.07, 6.45) is 1.18. The van der Waals surface area contributed by atoms with E-state index in [0.29, 0.717) is 24.2 Å². The normalized spacial score (nSPS) is 11.7. The van der Waals surface area contributed by atoms with Crippen molar-refractivity contribution in [1.29, 1.82) is 0 Å². The van der Waals surface area contributed by atoms with Crippen LogP contribution in [0.2, 0.25) is 0 Å². The largest absolute Gasteiger partial charge is 0.377 e. The molecule has 0 aliphatic rings. The topological polar surface area (TPSA) is 52.7 Å². The second-order valence-corrected chi connectivity index (χ2v) is 7.34. The van der Waals surface area contributed by atoms with Crippen molar-refractivity contribution in [1.82, 2.24) is 4.90 Å². The first-order chi connectivity index (χ1) is 13.8. The van der Waals surface area contributed by atoms with Crippen LogP contribution in [0.1, 0.15) is 49.5 Å². The monoisotopic (exact) mass is 399 g/mol. The molecule has 2 aromatic carbocycles. The maximum absolute atomic E-state index is 13.3. The summed E-state index contributed by atoms with van der Waals surface area (Å²) in [4.78, 5) is 28.7. The van der Waals surface area contributed by atoms with Gasteiger partial charge < -0.3 is 15.1 Å². The number of hydrogen-bond donors (Lipinski definition) is 1. The van der Waals surface area contributed by atoms with Crippen molar-refractivity contribution in [2.24, 2.45) is 0 Å². The van der Waals surface area contributed by atoms with Crippen LogP contribution in [0.5, 0.6) is 0 Å². The van der Waals surface area contributed by atoms with Gasteiger partial charge in [-0.3, -0.25) is 9.59 Å². The number of rotatable bonds is 8. The Bertz CT molecular complexity index is 850. The van der Waals surface area contributed by atoms with Gasteiger partial charge >= 0.3 is 0 Å². The van der Waals surface area contributed by atoms with Gasteiger partial charge in [-0.1, -0.05) is 13.8 Å². The molecule has 29 heavy (non-hydrogen) atoms. The third kappa shape index (κ3) is 5.79. The van der Waals surface area contributed by atoms with Crippen molar-refractivity contribution in [3.05, 3.63) is 59.4 Å². The maximum Gasteiger partial charge on any atom is 0.254 e. The Morgan fingerprint density at radius 1 is 1.07 bits per heavy atom. The molecule has 0 spiro atoms. The molecule has 0 saturated carbocycles. The molecule has 0 heterocycles. The number of anilines is 2. The van der Waals surface area contributed by atoms with Crippen LogP contribution in [-0.2, 0) is 11.3 Å². The first-order valence-electron chi connectivity index (χ1n) is 9.93. The van der Waals surface area contributed by atoms with Crippen molar-refractivity contribution >= 4 is 23.2 Å². The second-order valence-electron chi connectivity index (χ2n) is 7.34. The summed E-state index contributed by atoms with van der Waals surface area (Å²) in [6, 6.07) is 11.3. The predicted octanol–water partition coefficient (Wildman–Crippen LogP) is 4.68. The number of carbonyl (C=O) groups is 2. The van der Waals surface area contributed by atoms with Crippen LogP contribution in [0.15, 0.2) is 42.5 Å². The summed E-state index contributed by atoms with van der Waals surface area (Å²) < 4.78 is 13.3. The zero-order valence-corrected chi connectivity index (χ0v) is 17.8. The zero-order chi connectivity index (χ0) is 21.6. The van der Waals surface area contributed by atoms with Crippen LogP contribution in [0.3, 0.4) is 0 Å². The van der Waals surface area contributed by atoms with Crippen LogP contribution in [0.4, 0.5) is 15.8 Å². The van der Waals surface area contributed by atoms with Crippen molar-refractivity contribution in [3.8, 4) is 0 Å². The minimum atomic E-state index is -0.370. The molecule has 5 nitrogen and oxygen atoms in total. The van der Waals surface area contributed by atoms with Gasteiger partial charge in [0.15, 0.2) is 0 Å². The van der Waals surface area contributed by atoms with Gasteiger partial charge in [-0.25, -0.2) is 4.39 Å². The Morgan fingerprint density at radius 3 is 2.28 bits per heavy atom. The van der Waals surface area contributed by atoms with E-state index in [1.54, 1.807) is 11.8 Å². The van der Waals surface area contributed by atoms with E-state index in [4.69, 9.17) is 0 Å². The van der Waals surface area contributed by atoms with Crippen LogP contribution >= 0.6 is 0 Å². The molecule has 6 heteroatoms. The van der Waals surface area contributed by atoms with E-state index in [1.165, 1.54) is 24.3 Å². The van der Waals surface area contributed by atoms with Gasteiger partial charge in [0.05, 0.1) is 0 Å². The molecular weight excluding hydrogens is 369 g/mol. The Balaban J connectivity index is 2.40. The van der Waals surface area contributed by atoms with Gasteiger partial charge in [0.1, 0.15) is 5.82 Å². The fourth-order valence-electron chi connectivity index (χ4n) is 3.07. The van der Waals surface area contributed by atoms with E-state index in [9.17, 15) is 14.0 Å². The Morgan fingerprint density at radius 2 is 1.72 bits per heavy atom. The first-order valence-corrected chi connectivity index (χ1v) is 9.93. The lowest BCUT2D eigenvalue weighted by Gasteiger charge is -2.31. The fourth-order valence-corrected chi connectivity index (χ4v) is 3.07. The number of carbonyl (C=O) groups excluding carboxylic acids is 2. The second kappa shape index (κ2) is 10.0. The fraction of sp³-hybridized carbons (Fsp3) is 0.391. The van der Waals surface area contributed by atoms with E-state index in [0.717, 1.165) is 17.7 Å². The van der Waals surface area contributed by atoms with Crippen LogP contribution < -0.4 is 10.2 Å². The number of nitrogens with one attached hydrogen (secondary N) is 1. The van der Waals surface area contributed by atoms with Crippen LogP contribution in [-0.4, -0.2) is 36.9 Å². The first kappa shape index (κ1) is 22.4. The lowest BCUT2D eigenvalue weighted by atomic mass is 10.1. The van der Waals surface area contributed by atoms with E-state index in [2.05, 4.69) is 5.32 Å². The molecule has 1 N–H and O–H groups in total. The Hall–Kier alpha value is -2.89. The summed E-state index contributed by atoms with van der Waals surface area (Å²) in [6.45, 7) is 6.21. The molecule has 1 atom stereocenters. The van der Waals surface area contributed by atoms with E-state index in [1.807, 2.05) is 51.0 Å². The van der Waals surface area contributed by atoms with Gasteiger partial charge in [-0.05, 0) is 61.4 Å². The van der Waals surface area contributed by atoms with Gasteiger partial charge in [0.2, 0.25) is 5.91 Å². The number of halogens is 1. The number of benzene rings is 2. The average molecular weight is 400 g/mol. The van der Waals surface area contributed by atoms with Gasteiger partial charge in [-0.2, -0.15) is 0 Å². The highest BCUT2D eigenvalue weighted by Crippen LogP contribution is 2.26. The molecule has 0 bridgehead atoms. The van der Waals surface area contributed by atoms with Crippen LogP contribution in [0.25, 0.3) is 0 Å². The van der Waals surface area contributed by atoms with Crippen molar-refractivity contribution < 1.29 is 14.0 Å². The minimum Gasteiger partial charge on any atom is -0.377 e. The molecule has 0 saturated heterocycles. The van der Waals surface area contributed by atoms with E-state index in [-0.39, 0.29) is 23.7 Å². The van der Waals surface area contributed by atoms with Gasteiger partial charge in [0, 0.05) is 50.0 Å². The number of nitrogens with zero attached hydrogens (tertiary/aromatic N) is 2. The van der Waals surface area contributed by atoms with E-state index < -0.39 is 0 Å². The van der Waals surface area contributed by atoms with Gasteiger partial charge in [-0.15, -0.1) is 0 Å². The SMILES string of the molecule is CCC(=O)Nc1ccc(N(C)C)c(CN(C(=O)c2ccc(F)cc2)C(C)CC)c1. The molecule has 156 valence electrons. The molecule has 0 aromatic heterocycles. The summed E-state index contributed by atoms with van der Waals surface area (Å²) in [5.74, 6) is -0.576. The Kier molecular flexibility index (Phi) is 7.76. The summed E-state index contributed by atoms with van der Waals surface area (Å²) in [5.41, 5.74) is 3.06. The quantitative estimate of drug-likeness (QED) is 0.701. The number of hydrogen-bond acceptors (Lipinski definition) is 3. The molecule has 2 rings (SSSR count). The standard InChI is InChI=1S/C23H30FN3O2/c1-6-16(3)27(23(29)17-8-10-19(24)11-9-17)15-18-14-20(25-22(28)7-2)12-13-21(18)26(4)5/h8-14,16H,6-7,15H2,1-5H3,(H,25,28). The smallest absolute Gasteiger partial charge is 0.254 e. The minimum absolute atomic E-state index is 0.00328. The van der Waals surface area contributed by atoms with Crippen molar-refractivity contribution in [2.75, 3.05) is 24.3 Å². The summed E-state index contributed by atoms with van der Waals surface area (Å²) in [7, 11) is 3.89. The van der Waals surface area contributed by atoms with Crippen molar-refractivity contribution in [2.45, 2.75) is 46.2 Å². The highest BCUT2D eigenvalue weighted by atomic mass is 19.1. The van der Waals surface area contributed by atoms with Crippen LogP contribution in [0, 0.1) is 5.82 Å². The molecule has 0 radical (unpaired) electrons. The zero-order valence-electron chi connectivity index (χ0n) is 17.8. The molecule has 2 aromatic rings. The van der Waals surface area contributed by atoms with E-state index >= 15 is 0 Å². The maximum atomic E-state index is 13.3. The summed E-state index contributed by atoms with van der Waals surface area (Å²) >= 11 is 0. The Labute approximate surface area is 172 Å². The predicted molar refractivity (Wildman–Crippen MR) is 116 cm³/mol. The molecule has 2 amide bonds. The third-order valence-electron chi connectivity index (χ3n) is 4.98. The lowest BCUT2D eigenvalue weighted by Crippen LogP contribution is -2.38. The average Bonchev–Trinajstić information content (AvgIpc) is 2.71. The summed E-state index contributed by atoms with van der Waals surface area (Å²) in [5, 5.41) is 2.88. The highest BCUT2D eigenvalue weighted by molar-refractivity contribution is 5.94. The molecule has 0 aliphatic heterocycles. The molecule has 0 aliphatic carbocycles. The molecule has 0 fully saturated rings. The molecular formula is C23H30FN3O2. The third-order valence-corrected chi connectivity index (χ3v) is 4.98. The highest BCUT2D eigenvalue weighted by Gasteiger charge is 2.22. The number of amides is 2.